The number of fused-ring (bicyclic) bond motifs is 1. The topological polar surface area (TPSA) is 119 Å². The third-order valence-corrected chi connectivity index (χ3v) is 4.46. The van der Waals surface area contributed by atoms with Gasteiger partial charge >= 0.3 is 0 Å². The van der Waals surface area contributed by atoms with Crippen molar-refractivity contribution in [3.63, 3.8) is 0 Å². The largest absolute Gasteiger partial charge is 0.369 e. The lowest BCUT2D eigenvalue weighted by molar-refractivity contribution is 0.345. The van der Waals surface area contributed by atoms with Gasteiger partial charge in [-0.1, -0.05) is 12.1 Å². The maximum atomic E-state index is 5.86. The molecule has 0 atom stereocenters. The SMILES string of the molecule is Cl.Cl.Nc1nc(NCCc2nc3ccccc3[nH]2)cc(C2CC(N)C2)n1. The summed E-state index contributed by atoms with van der Waals surface area (Å²) in [7, 11) is 0. The maximum Gasteiger partial charge on any atom is 0.222 e. The van der Waals surface area contributed by atoms with Crippen molar-refractivity contribution in [1.29, 1.82) is 0 Å². The van der Waals surface area contributed by atoms with E-state index in [0.29, 0.717) is 11.9 Å². The Morgan fingerprint density at radius 1 is 1.12 bits per heavy atom. The summed E-state index contributed by atoms with van der Waals surface area (Å²) in [4.78, 5) is 16.5. The number of nitrogens with zero attached hydrogens (tertiary/aromatic N) is 3. The summed E-state index contributed by atoms with van der Waals surface area (Å²) in [5, 5.41) is 3.31. The van der Waals surface area contributed by atoms with E-state index >= 15 is 0 Å². The predicted octanol–water partition coefficient (Wildman–Crippen LogP) is 2.64. The van der Waals surface area contributed by atoms with Gasteiger partial charge in [0.1, 0.15) is 11.6 Å². The first-order valence-corrected chi connectivity index (χ1v) is 8.25. The number of imidazole rings is 1. The average Bonchev–Trinajstić information content (AvgIpc) is 2.94. The Morgan fingerprint density at radius 3 is 2.62 bits per heavy atom. The van der Waals surface area contributed by atoms with Gasteiger partial charge in [0.05, 0.1) is 16.7 Å². The van der Waals surface area contributed by atoms with Crippen molar-refractivity contribution in [2.75, 3.05) is 17.6 Å². The summed E-state index contributed by atoms with van der Waals surface area (Å²) in [6.07, 6.45) is 2.71. The number of H-pyrrole nitrogens is 1. The summed E-state index contributed by atoms with van der Waals surface area (Å²) >= 11 is 0. The summed E-state index contributed by atoms with van der Waals surface area (Å²) in [5.74, 6) is 2.42. The van der Waals surface area contributed by atoms with Crippen molar-refractivity contribution in [3.8, 4) is 0 Å². The number of para-hydroxylation sites is 2. The van der Waals surface area contributed by atoms with E-state index in [0.717, 1.165) is 54.2 Å². The zero-order valence-electron chi connectivity index (χ0n) is 14.2. The quantitative estimate of drug-likeness (QED) is 0.527. The van der Waals surface area contributed by atoms with E-state index in [4.69, 9.17) is 11.5 Å². The fourth-order valence-electron chi connectivity index (χ4n) is 3.12. The highest BCUT2D eigenvalue weighted by molar-refractivity contribution is 5.85. The molecule has 0 unspecified atom stereocenters. The minimum atomic E-state index is 0. The molecule has 3 aromatic rings. The molecule has 1 saturated carbocycles. The monoisotopic (exact) mass is 395 g/mol. The fourth-order valence-corrected chi connectivity index (χ4v) is 3.12. The molecule has 2 aromatic heterocycles. The number of anilines is 2. The molecule has 0 aliphatic heterocycles. The van der Waals surface area contributed by atoms with Crippen molar-refractivity contribution in [2.24, 2.45) is 5.73 Å². The lowest BCUT2D eigenvalue weighted by Gasteiger charge is -2.32. The number of benzene rings is 1. The summed E-state index contributed by atoms with van der Waals surface area (Å²) in [6, 6.07) is 10.3. The first-order chi connectivity index (χ1) is 11.7. The van der Waals surface area contributed by atoms with Crippen LogP contribution in [0.15, 0.2) is 30.3 Å². The van der Waals surface area contributed by atoms with Crippen molar-refractivity contribution in [3.05, 3.63) is 41.9 Å². The Labute approximate surface area is 164 Å². The fraction of sp³-hybridized carbons (Fsp3) is 0.353. The van der Waals surface area contributed by atoms with Crippen LogP contribution in [-0.2, 0) is 6.42 Å². The van der Waals surface area contributed by atoms with Gasteiger partial charge in [0.2, 0.25) is 5.95 Å². The maximum absolute atomic E-state index is 5.86. The highest BCUT2D eigenvalue weighted by Gasteiger charge is 2.29. The number of hydrogen-bond acceptors (Lipinski definition) is 6. The number of nitrogens with two attached hydrogens (primary N) is 2. The molecule has 0 amide bonds. The molecular formula is C17H23Cl2N7. The van der Waals surface area contributed by atoms with Crippen molar-refractivity contribution in [2.45, 2.75) is 31.2 Å². The van der Waals surface area contributed by atoms with E-state index in [1.807, 2.05) is 30.3 Å². The van der Waals surface area contributed by atoms with Crippen LogP contribution >= 0.6 is 24.8 Å². The molecule has 0 saturated heterocycles. The van der Waals surface area contributed by atoms with E-state index in [9.17, 15) is 0 Å². The van der Waals surface area contributed by atoms with E-state index in [1.165, 1.54) is 0 Å². The van der Waals surface area contributed by atoms with Crippen LogP contribution < -0.4 is 16.8 Å². The molecule has 7 nitrogen and oxygen atoms in total. The van der Waals surface area contributed by atoms with Gasteiger partial charge in [0, 0.05) is 31.0 Å². The molecule has 1 aliphatic rings. The van der Waals surface area contributed by atoms with Gasteiger partial charge in [0.25, 0.3) is 0 Å². The minimum Gasteiger partial charge on any atom is -0.369 e. The van der Waals surface area contributed by atoms with Gasteiger partial charge in [-0.2, -0.15) is 4.98 Å². The molecule has 0 radical (unpaired) electrons. The number of nitrogens with one attached hydrogen (secondary N) is 2. The molecular weight excluding hydrogens is 373 g/mol. The van der Waals surface area contributed by atoms with Gasteiger partial charge in [-0.05, 0) is 25.0 Å². The Hall–Kier alpha value is -2.09. The zero-order chi connectivity index (χ0) is 16.5. The molecule has 2 heterocycles. The van der Waals surface area contributed by atoms with Gasteiger partial charge < -0.3 is 21.8 Å². The van der Waals surface area contributed by atoms with Crippen molar-refractivity contribution >= 4 is 47.6 Å². The third kappa shape index (κ3) is 4.35. The number of rotatable bonds is 5. The molecule has 0 bridgehead atoms. The highest BCUT2D eigenvalue weighted by Crippen LogP contribution is 2.35. The molecule has 140 valence electrons. The number of aromatic amines is 1. The van der Waals surface area contributed by atoms with Crippen LogP contribution in [0.2, 0.25) is 0 Å². The van der Waals surface area contributed by atoms with Gasteiger partial charge in [-0.15, -0.1) is 24.8 Å². The lowest BCUT2D eigenvalue weighted by Crippen LogP contribution is -2.35. The van der Waals surface area contributed by atoms with E-state index in [2.05, 4.69) is 25.3 Å². The number of hydrogen-bond donors (Lipinski definition) is 4. The number of halogens is 2. The normalized spacial score (nSPS) is 18.5. The molecule has 4 rings (SSSR count). The van der Waals surface area contributed by atoms with Crippen LogP contribution in [0.25, 0.3) is 11.0 Å². The second-order valence-corrected chi connectivity index (χ2v) is 6.34. The smallest absolute Gasteiger partial charge is 0.222 e. The minimum absolute atomic E-state index is 0. The number of nitrogen functional groups attached to an aromatic ring is 1. The summed E-state index contributed by atoms with van der Waals surface area (Å²) < 4.78 is 0. The molecule has 1 aliphatic carbocycles. The molecule has 6 N–H and O–H groups in total. The second kappa shape index (κ2) is 8.53. The van der Waals surface area contributed by atoms with Gasteiger partial charge in [-0.3, -0.25) is 0 Å². The molecule has 9 heteroatoms. The van der Waals surface area contributed by atoms with Crippen LogP contribution in [-0.4, -0.2) is 32.5 Å². The van der Waals surface area contributed by atoms with E-state index in [-0.39, 0.29) is 30.9 Å². The van der Waals surface area contributed by atoms with Crippen molar-refractivity contribution < 1.29 is 0 Å². The number of aromatic nitrogens is 4. The average molecular weight is 396 g/mol. The Balaban J connectivity index is 0.00000121. The van der Waals surface area contributed by atoms with Crippen molar-refractivity contribution in [1.82, 2.24) is 19.9 Å². The summed E-state index contributed by atoms with van der Waals surface area (Å²) in [5.41, 5.74) is 14.7. The van der Waals surface area contributed by atoms with Crippen LogP contribution in [0, 0.1) is 0 Å². The first kappa shape index (κ1) is 20.2. The molecule has 26 heavy (non-hydrogen) atoms. The standard InChI is InChI=1S/C17H21N7.2ClH/c18-11-7-10(8-11)14-9-16(24-17(19)23-14)20-6-5-15-21-12-3-1-2-4-13(12)22-15;;/h1-4,9-11H,5-8,18H2,(H,21,22)(H3,19,20,23,24);2*1H. The Bertz CT molecular complexity index is 828. The Kier molecular flexibility index (Phi) is 6.63. The Morgan fingerprint density at radius 2 is 1.88 bits per heavy atom. The van der Waals surface area contributed by atoms with Gasteiger partial charge in [0.15, 0.2) is 0 Å². The zero-order valence-corrected chi connectivity index (χ0v) is 15.8. The van der Waals surface area contributed by atoms with Crippen LogP contribution in [0.4, 0.5) is 11.8 Å². The third-order valence-electron chi connectivity index (χ3n) is 4.46. The molecule has 1 fully saturated rings. The predicted molar refractivity (Wildman–Crippen MR) is 109 cm³/mol. The highest BCUT2D eigenvalue weighted by atomic mass is 35.5. The van der Waals surface area contributed by atoms with Crippen LogP contribution in [0.5, 0.6) is 0 Å². The van der Waals surface area contributed by atoms with Gasteiger partial charge in [-0.25, -0.2) is 9.97 Å². The molecule has 0 spiro atoms. The summed E-state index contributed by atoms with van der Waals surface area (Å²) in [6.45, 7) is 0.722. The molecule has 1 aromatic carbocycles. The second-order valence-electron chi connectivity index (χ2n) is 6.34. The van der Waals surface area contributed by atoms with E-state index in [1.54, 1.807) is 0 Å². The van der Waals surface area contributed by atoms with Crippen LogP contribution in [0.1, 0.15) is 30.3 Å². The van der Waals surface area contributed by atoms with E-state index < -0.39 is 0 Å². The lowest BCUT2D eigenvalue weighted by atomic mass is 9.78. The first-order valence-electron chi connectivity index (χ1n) is 8.25. The van der Waals surface area contributed by atoms with Crippen LogP contribution in [0.3, 0.4) is 0 Å².